The van der Waals surface area contributed by atoms with Crippen molar-refractivity contribution < 1.29 is 4.79 Å². The number of rotatable bonds is 4. The van der Waals surface area contributed by atoms with Gasteiger partial charge in [0.05, 0.1) is 0 Å². The molecule has 1 amide bonds. The maximum atomic E-state index is 11.5. The maximum absolute atomic E-state index is 11.5. The first-order chi connectivity index (χ1) is 11.1. The fourth-order valence-corrected chi connectivity index (χ4v) is 4.01. The van der Waals surface area contributed by atoms with Crippen LogP contribution in [0.15, 0.2) is 30.3 Å². The zero-order valence-electron chi connectivity index (χ0n) is 14.4. The summed E-state index contributed by atoms with van der Waals surface area (Å²) in [7, 11) is 0. The summed E-state index contributed by atoms with van der Waals surface area (Å²) in [5, 5.41) is 0. The largest absolute Gasteiger partial charge is 0.340 e. The maximum Gasteiger partial charge on any atom is 0.219 e. The van der Waals surface area contributed by atoms with E-state index in [2.05, 4.69) is 47.1 Å². The van der Waals surface area contributed by atoms with Gasteiger partial charge in [0.1, 0.15) is 0 Å². The lowest BCUT2D eigenvalue weighted by atomic mass is 10.0. The third-order valence-electron chi connectivity index (χ3n) is 5.44. The Hall–Kier alpha value is -1.39. The summed E-state index contributed by atoms with van der Waals surface area (Å²) in [4.78, 5) is 18.7. The number of carbonyl (C=O) groups excluding carboxylic acids is 1. The minimum atomic E-state index is 0.216. The molecule has 2 fully saturated rings. The molecule has 126 valence electrons. The second-order valence-corrected chi connectivity index (χ2v) is 7.08. The Morgan fingerprint density at radius 2 is 1.78 bits per heavy atom. The van der Waals surface area contributed by atoms with Gasteiger partial charge < -0.3 is 9.80 Å². The molecule has 0 unspecified atom stereocenters. The zero-order valence-corrected chi connectivity index (χ0v) is 14.4. The third kappa shape index (κ3) is 4.12. The van der Waals surface area contributed by atoms with Crippen LogP contribution in [0.4, 0.5) is 0 Å². The van der Waals surface area contributed by atoms with E-state index in [0.717, 1.165) is 45.1 Å². The quantitative estimate of drug-likeness (QED) is 0.846. The van der Waals surface area contributed by atoms with Gasteiger partial charge in [0.15, 0.2) is 0 Å². The fourth-order valence-electron chi connectivity index (χ4n) is 4.01. The van der Waals surface area contributed by atoms with Crippen LogP contribution in [0, 0.1) is 5.92 Å². The number of amides is 1. The zero-order chi connectivity index (χ0) is 16.2. The van der Waals surface area contributed by atoms with Gasteiger partial charge in [-0.1, -0.05) is 37.3 Å². The predicted octanol–water partition coefficient (Wildman–Crippen LogP) is 1.71. The van der Waals surface area contributed by atoms with E-state index in [1.165, 1.54) is 18.7 Å². The second-order valence-electron chi connectivity index (χ2n) is 7.08. The molecular weight excluding hydrogens is 286 g/mol. The molecule has 0 spiro atoms. The highest BCUT2D eigenvalue weighted by Crippen LogP contribution is 2.23. The summed E-state index contributed by atoms with van der Waals surface area (Å²) in [6.45, 7) is 11.4. The van der Waals surface area contributed by atoms with Gasteiger partial charge >= 0.3 is 0 Å². The summed E-state index contributed by atoms with van der Waals surface area (Å²) in [5.74, 6) is 0.934. The van der Waals surface area contributed by atoms with E-state index in [4.69, 9.17) is 0 Å². The molecular formula is C19H29N3O. The summed E-state index contributed by atoms with van der Waals surface area (Å²) in [6, 6.07) is 11.4. The average molecular weight is 315 g/mol. The van der Waals surface area contributed by atoms with Crippen molar-refractivity contribution >= 4 is 5.91 Å². The molecule has 2 aliphatic heterocycles. The molecule has 1 aromatic rings. The number of nitrogens with zero attached hydrogens (tertiary/aromatic N) is 3. The fraction of sp³-hybridized carbons (Fsp3) is 0.632. The van der Waals surface area contributed by atoms with Crippen molar-refractivity contribution in [2.24, 2.45) is 5.92 Å². The van der Waals surface area contributed by atoms with Crippen molar-refractivity contribution in [3.05, 3.63) is 35.9 Å². The molecule has 2 aliphatic rings. The Kier molecular flexibility index (Phi) is 5.34. The summed E-state index contributed by atoms with van der Waals surface area (Å²) >= 11 is 0. The molecule has 23 heavy (non-hydrogen) atoms. The van der Waals surface area contributed by atoms with Gasteiger partial charge in [0.25, 0.3) is 0 Å². The van der Waals surface area contributed by atoms with E-state index in [9.17, 15) is 4.79 Å². The SMILES string of the molecule is CC(=O)N1CCN([C@@H]2CN(CCc3ccccc3)C[C@H]2C)CC1. The van der Waals surface area contributed by atoms with Gasteiger partial charge in [0.2, 0.25) is 5.91 Å². The van der Waals surface area contributed by atoms with Crippen molar-refractivity contribution in [1.29, 1.82) is 0 Å². The van der Waals surface area contributed by atoms with Crippen molar-refractivity contribution in [1.82, 2.24) is 14.7 Å². The van der Waals surface area contributed by atoms with Gasteiger partial charge in [-0.3, -0.25) is 9.69 Å². The minimum Gasteiger partial charge on any atom is -0.340 e. The van der Waals surface area contributed by atoms with Gasteiger partial charge in [-0.25, -0.2) is 0 Å². The van der Waals surface area contributed by atoms with Crippen LogP contribution in [0.1, 0.15) is 19.4 Å². The first kappa shape index (κ1) is 16.5. The van der Waals surface area contributed by atoms with E-state index in [1.807, 2.05) is 4.90 Å². The Balaban J connectivity index is 1.48. The lowest BCUT2D eigenvalue weighted by Crippen LogP contribution is -2.53. The molecule has 2 heterocycles. The Morgan fingerprint density at radius 1 is 1.09 bits per heavy atom. The van der Waals surface area contributed by atoms with Crippen LogP contribution in [-0.2, 0) is 11.2 Å². The van der Waals surface area contributed by atoms with Crippen molar-refractivity contribution in [3.63, 3.8) is 0 Å². The molecule has 3 rings (SSSR count). The lowest BCUT2D eigenvalue weighted by Gasteiger charge is -2.39. The minimum absolute atomic E-state index is 0.216. The highest BCUT2D eigenvalue weighted by molar-refractivity contribution is 5.73. The molecule has 0 N–H and O–H groups in total. The van der Waals surface area contributed by atoms with Crippen LogP contribution in [0.3, 0.4) is 0 Å². The molecule has 0 bridgehead atoms. The number of likely N-dealkylation sites (tertiary alicyclic amines) is 1. The van der Waals surface area contributed by atoms with E-state index in [-0.39, 0.29) is 5.91 Å². The highest BCUT2D eigenvalue weighted by Gasteiger charge is 2.35. The average Bonchev–Trinajstić information content (AvgIpc) is 2.95. The standard InChI is InChI=1S/C19H29N3O/c1-16-14-20(9-8-18-6-4-3-5-7-18)15-19(16)22-12-10-21(11-13-22)17(2)23/h3-7,16,19H,8-15H2,1-2H3/t16-,19-/m1/s1. The second kappa shape index (κ2) is 7.45. The molecule has 0 aromatic heterocycles. The Morgan fingerprint density at radius 3 is 2.43 bits per heavy atom. The van der Waals surface area contributed by atoms with E-state index in [1.54, 1.807) is 6.92 Å². The lowest BCUT2D eigenvalue weighted by molar-refractivity contribution is -0.130. The molecule has 4 nitrogen and oxygen atoms in total. The number of carbonyl (C=O) groups is 1. The van der Waals surface area contributed by atoms with Crippen LogP contribution in [0.5, 0.6) is 0 Å². The number of piperazine rings is 1. The molecule has 1 aromatic carbocycles. The summed E-state index contributed by atoms with van der Waals surface area (Å²) in [5.41, 5.74) is 1.43. The van der Waals surface area contributed by atoms with Crippen LogP contribution in [-0.4, -0.2) is 72.5 Å². The molecule has 2 atom stereocenters. The van der Waals surface area contributed by atoms with Crippen LogP contribution in [0.25, 0.3) is 0 Å². The number of benzene rings is 1. The van der Waals surface area contributed by atoms with Gasteiger partial charge in [0, 0.05) is 58.8 Å². The van der Waals surface area contributed by atoms with Gasteiger partial charge in [-0.15, -0.1) is 0 Å². The molecule has 2 saturated heterocycles. The van der Waals surface area contributed by atoms with Crippen LogP contribution < -0.4 is 0 Å². The van der Waals surface area contributed by atoms with Crippen molar-refractivity contribution in [3.8, 4) is 0 Å². The van der Waals surface area contributed by atoms with E-state index in [0.29, 0.717) is 6.04 Å². The van der Waals surface area contributed by atoms with Gasteiger partial charge in [-0.2, -0.15) is 0 Å². The van der Waals surface area contributed by atoms with Crippen molar-refractivity contribution in [2.45, 2.75) is 26.3 Å². The predicted molar refractivity (Wildman–Crippen MR) is 93.4 cm³/mol. The first-order valence-corrected chi connectivity index (χ1v) is 8.89. The van der Waals surface area contributed by atoms with Crippen LogP contribution in [0.2, 0.25) is 0 Å². The highest BCUT2D eigenvalue weighted by atomic mass is 16.2. The van der Waals surface area contributed by atoms with E-state index >= 15 is 0 Å². The Bertz CT molecular complexity index is 511. The first-order valence-electron chi connectivity index (χ1n) is 8.89. The monoisotopic (exact) mass is 315 g/mol. The number of hydrogen-bond donors (Lipinski definition) is 0. The van der Waals surface area contributed by atoms with E-state index < -0.39 is 0 Å². The van der Waals surface area contributed by atoms with Crippen LogP contribution >= 0.6 is 0 Å². The third-order valence-corrected chi connectivity index (χ3v) is 5.44. The topological polar surface area (TPSA) is 26.8 Å². The Labute approximate surface area is 140 Å². The molecule has 0 aliphatic carbocycles. The van der Waals surface area contributed by atoms with Crippen molar-refractivity contribution in [2.75, 3.05) is 45.8 Å². The summed E-state index contributed by atoms with van der Waals surface area (Å²) < 4.78 is 0. The normalized spacial score (nSPS) is 26.6. The molecule has 0 saturated carbocycles. The molecule has 0 radical (unpaired) electrons. The number of hydrogen-bond acceptors (Lipinski definition) is 3. The van der Waals surface area contributed by atoms with Gasteiger partial charge in [-0.05, 0) is 17.9 Å². The summed E-state index contributed by atoms with van der Waals surface area (Å²) in [6.07, 6.45) is 1.14. The molecule has 4 heteroatoms. The smallest absolute Gasteiger partial charge is 0.219 e.